The first-order valence-corrected chi connectivity index (χ1v) is 7.76. The second kappa shape index (κ2) is 7.13. The Bertz CT molecular complexity index is 267. The van der Waals surface area contributed by atoms with E-state index in [1.165, 1.54) is 25.7 Å². The first kappa shape index (κ1) is 13.9. The van der Waals surface area contributed by atoms with Crippen LogP contribution in [0.2, 0.25) is 0 Å². The molecule has 0 aliphatic heterocycles. The quantitative estimate of drug-likeness (QED) is 0.652. The van der Waals surface area contributed by atoms with Gasteiger partial charge in [0.05, 0.1) is 0 Å². The summed E-state index contributed by atoms with van der Waals surface area (Å²) >= 11 is 0. The molecule has 0 aromatic rings. The van der Waals surface area contributed by atoms with Gasteiger partial charge < -0.3 is 11.1 Å². The van der Waals surface area contributed by atoms with Gasteiger partial charge in [-0.2, -0.15) is 0 Å². The maximum absolute atomic E-state index is 11.7. The molecule has 3 N–H and O–H groups in total. The van der Waals surface area contributed by atoms with E-state index in [9.17, 15) is 4.79 Å². The molecule has 2 aliphatic rings. The number of rotatable bonds is 8. The number of carbonyl (C=O) groups is 1. The minimum Gasteiger partial charge on any atom is -0.356 e. The Morgan fingerprint density at radius 3 is 2.61 bits per heavy atom. The summed E-state index contributed by atoms with van der Waals surface area (Å²) in [4.78, 5) is 11.7. The van der Waals surface area contributed by atoms with Crippen LogP contribution in [0.25, 0.3) is 0 Å². The zero-order valence-corrected chi connectivity index (χ0v) is 11.5. The highest BCUT2D eigenvalue weighted by Crippen LogP contribution is 2.47. The summed E-state index contributed by atoms with van der Waals surface area (Å²) in [6.07, 6.45) is 10.7. The van der Waals surface area contributed by atoms with Crippen LogP contribution in [0.4, 0.5) is 0 Å². The van der Waals surface area contributed by atoms with E-state index in [-0.39, 0.29) is 5.91 Å². The Kier molecular flexibility index (Phi) is 5.48. The van der Waals surface area contributed by atoms with Gasteiger partial charge in [0.25, 0.3) is 0 Å². The van der Waals surface area contributed by atoms with Gasteiger partial charge in [-0.15, -0.1) is 0 Å². The SMILES string of the molecule is NCCCCCCC(=O)NCC1CC2CCC1C2. The van der Waals surface area contributed by atoms with Crippen LogP contribution >= 0.6 is 0 Å². The molecule has 0 spiro atoms. The van der Waals surface area contributed by atoms with Gasteiger partial charge in [-0.3, -0.25) is 4.79 Å². The molecule has 3 nitrogen and oxygen atoms in total. The average Bonchev–Trinajstić information content (AvgIpc) is 2.98. The lowest BCUT2D eigenvalue weighted by atomic mass is 9.89. The Morgan fingerprint density at radius 1 is 1.11 bits per heavy atom. The summed E-state index contributed by atoms with van der Waals surface area (Å²) in [6.45, 7) is 1.71. The molecule has 2 aliphatic carbocycles. The summed E-state index contributed by atoms with van der Waals surface area (Å²) < 4.78 is 0. The number of unbranched alkanes of at least 4 members (excludes halogenated alkanes) is 3. The third-order valence-electron chi connectivity index (χ3n) is 4.80. The highest BCUT2D eigenvalue weighted by molar-refractivity contribution is 5.75. The molecule has 0 heterocycles. The van der Waals surface area contributed by atoms with E-state index in [4.69, 9.17) is 5.73 Å². The van der Waals surface area contributed by atoms with Crippen LogP contribution in [0.15, 0.2) is 0 Å². The van der Waals surface area contributed by atoms with Crippen LogP contribution in [0.3, 0.4) is 0 Å². The molecule has 3 atom stereocenters. The summed E-state index contributed by atoms with van der Waals surface area (Å²) in [7, 11) is 0. The molecule has 18 heavy (non-hydrogen) atoms. The van der Waals surface area contributed by atoms with Crippen molar-refractivity contribution in [1.29, 1.82) is 0 Å². The van der Waals surface area contributed by atoms with Gasteiger partial charge >= 0.3 is 0 Å². The zero-order valence-electron chi connectivity index (χ0n) is 11.5. The molecular formula is C15H28N2O. The van der Waals surface area contributed by atoms with Gasteiger partial charge in [0.1, 0.15) is 0 Å². The third-order valence-corrected chi connectivity index (χ3v) is 4.80. The summed E-state index contributed by atoms with van der Waals surface area (Å²) in [5, 5.41) is 3.14. The molecule has 0 aromatic heterocycles. The first-order valence-electron chi connectivity index (χ1n) is 7.76. The van der Waals surface area contributed by atoms with Crippen molar-refractivity contribution in [3.05, 3.63) is 0 Å². The monoisotopic (exact) mass is 252 g/mol. The predicted octanol–water partition coefficient (Wildman–Crippen LogP) is 2.45. The fraction of sp³-hybridized carbons (Fsp3) is 0.933. The van der Waals surface area contributed by atoms with Crippen LogP contribution in [0.1, 0.15) is 57.8 Å². The number of hydrogen-bond donors (Lipinski definition) is 2. The molecule has 0 aromatic carbocycles. The van der Waals surface area contributed by atoms with Crippen LogP contribution in [-0.2, 0) is 4.79 Å². The topological polar surface area (TPSA) is 55.1 Å². The fourth-order valence-electron chi connectivity index (χ4n) is 3.74. The normalized spacial score (nSPS) is 29.7. The minimum absolute atomic E-state index is 0.255. The van der Waals surface area contributed by atoms with Gasteiger partial charge in [-0.1, -0.05) is 19.3 Å². The Hall–Kier alpha value is -0.570. The van der Waals surface area contributed by atoms with Crippen LogP contribution < -0.4 is 11.1 Å². The molecule has 3 unspecified atom stereocenters. The molecular weight excluding hydrogens is 224 g/mol. The summed E-state index contributed by atoms with van der Waals surface area (Å²) in [6, 6.07) is 0. The number of hydrogen-bond acceptors (Lipinski definition) is 2. The van der Waals surface area contributed by atoms with Gasteiger partial charge in [0.2, 0.25) is 5.91 Å². The van der Waals surface area contributed by atoms with Crippen molar-refractivity contribution < 1.29 is 4.79 Å². The van der Waals surface area contributed by atoms with E-state index in [2.05, 4.69) is 5.32 Å². The highest BCUT2D eigenvalue weighted by Gasteiger charge is 2.39. The first-order chi connectivity index (χ1) is 8.79. The smallest absolute Gasteiger partial charge is 0.220 e. The van der Waals surface area contributed by atoms with Crippen molar-refractivity contribution in [1.82, 2.24) is 5.32 Å². The number of amides is 1. The van der Waals surface area contributed by atoms with Crippen molar-refractivity contribution in [3.63, 3.8) is 0 Å². The van der Waals surface area contributed by atoms with Gasteiger partial charge in [-0.25, -0.2) is 0 Å². The van der Waals surface area contributed by atoms with Crippen molar-refractivity contribution in [3.8, 4) is 0 Å². The molecule has 2 saturated carbocycles. The minimum atomic E-state index is 0.255. The molecule has 0 radical (unpaired) electrons. The van der Waals surface area contributed by atoms with E-state index in [1.54, 1.807) is 0 Å². The summed E-state index contributed by atoms with van der Waals surface area (Å²) in [5.41, 5.74) is 5.44. The Morgan fingerprint density at radius 2 is 1.94 bits per heavy atom. The van der Waals surface area contributed by atoms with E-state index in [1.807, 2.05) is 0 Å². The van der Waals surface area contributed by atoms with Crippen LogP contribution in [-0.4, -0.2) is 19.0 Å². The second-order valence-corrected chi connectivity index (χ2v) is 6.19. The maximum Gasteiger partial charge on any atom is 0.220 e. The lowest BCUT2D eigenvalue weighted by Gasteiger charge is -2.21. The van der Waals surface area contributed by atoms with Gasteiger partial charge in [-0.05, 0) is 56.4 Å². The highest BCUT2D eigenvalue weighted by atomic mass is 16.1. The molecule has 0 saturated heterocycles. The van der Waals surface area contributed by atoms with E-state index in [0.29, 0.717) is 6.42 Å². The van der Waals surface area contributed by atoms with Crippen LogP contribution in [0.5, 0.6) is 0 Å². The molecule has 3 heteroatoms. The lowest BCUT2D eigenvalue weighted by molar-refractivity contribution is -0.121. The predicted molar refractivity (Wildman–Crippen MR) is 74.1 cm³/mol. The fourth-order valence-corrected chi connectivity index (χ4v) is 3.74. The van der Waals surface area contributed by atoms with Crippen LogP contribution in [0, 0.1) is 17.8 Å². The second-order valence-electron chi connectivity index (χ2n) is 6.19. The van der Waals surface area contributed by atoms with E-state index < -0.39 is 0 Å². The Balaban J connectivity index is 1.50. The average molecular weight is 252 g/mol. The number of carbonyl (C=O) groups excluding carboxylic acids is 1. The van der Waals surface area contributed by atoms with Crippen molar-refractivity contribution in [2.24, 2.45) is 23.5 Å². The third kappa shape index (κ3) is 3.98. The largest absolute Gasteiger partial charge is 0.356 e. The van der Waals surface area contributed by atoms with E-state index >= 15 is 0 Å². The summed E-state index contributed by atoms with van der Waals surface area (Å²) in [5.74, 6) is 2.93. The Labute approximate surface area is 111 Å². The molecule has 104 valence electrons. The van der Waals surface area contributed by atoms with Gasteiger partial charge in [0.15, 0.2) is 0 Å². The molecule has 2 bridgehead atoms. The number of nitrogens with two attached hydrogens (primary N) is 1. The van der Waals surface area contributed by atoms with Gasteiger partial charge in [0, 0.05) is 13.0 Å². The number of fused-ring (bicyclic) bond motifs is 2. The maximum atomic E-state index is 11.7. The molecule has 2 fully saturated rings. The van der Waals surface area contributed by atoms with Crippen molar-refractivity contribution in [2.75, 3.05) is 13.1 Å². The zero-order chi connectivity index (χ0) is 12.8. The lowest BCUT2D eigenvalue weighted by Crippen LogP contribution is -2.31. The molecule has 2 rings (SSSR count). The molecule has 1 amide bonds. The standard InChI is InChI=1S/C15H28N2O/c16-8-4-2-1-3-5-15(18)17-11-14-10-12-6-7-13(14)9-12/h12-14H,1-11,16H2,(H,17,18). The van der Waals surface area contributed by atoms with Crippen molar-refractivity contribution in [2.45, 2.75) is 57.8 Å². The van der Waals surface area contributed by atoms with Crippen molar-refractivity contribution >= 4 is 5.91 Å². The van der Waals surface area contributed by atoms with E-state index in [0.717, 1.165) is 56.5 Å². The number of nitrogens with one attached hydrogen (secondary N) is 1.